The molecule has 0 bridgehead atoms. The van der Waals surface area contributed by atoms with E-state index in [1.165, 1.54) is 31.0 Å². The van der Waals surface area contributed by atoms with Crippen LogP contribution in [0.1, 0.15) is 27.9 Å². The van der Waals surface area contributed by atoms with Gasteiger partial charge in [0.2, 0.25) is 5.91 Å². The molecule has 0 radical (unpaired) electrons. The summed E-state index contributed by atoms with van der Waals surface area (Å²) in [5, 5.41) is 2.81. The van der Waals surface area contributed by atoms with Gasteiger partial charge < -0.3 is 24.6 Å². The number of piperazine rings is 1. The van der Waals surface area contributed by atoms with Gasteiger partial charge in [0, 0.05) is 56.5 Å². The highest BCUT2D eigenvalue weighted by Crippen LogP contribution is 2.24. The maximum Gasteiger partial charge on any atom is 0.251 e. The van der Waals surface area contributed by atoms with Crippen molar-refractivity contribution in [3.63, 3.8) is 0 Å². The van der Waals surface area contributed by atoms with Crippen molar-refractivity contribution in [2.24, 2.45) is 0 Å². The number of nitrogens with one attached hydrogen (secondary N) is 1. The van der Waals surface area contributed by atoms with Crippen LogP contribution in [0.5, 0.6) is 11.5 Å². The molecule has 1 aliphatic rings. The van der Waals surface area contributed by atoms with Gasteiger partial charge in [-0.15, -0.1) is 0 Å². The molecular weight excluding hydrogens is 394 g/mol. The average Bonchev–Trinajstić information content (AvgIpc) is 2.80. The molecule has 1 N–H and O–H groups in total. The Bertz CT molecular complexity index is 914. The molecule has 1 fully saturated rings. The van der Waals surface area contributed by atoms with E-state index in [1.807, 2.05) is 4.90 Å². The van der Waals surface area contributed by atoms with E-state index in [4.69, 9.17) is 9.47 Å². The van der Waals surface area contributed by atoms with Crippen LogP contribution in [0.15, 0.2) is 36.4 Å². The van der Waals surface area contributed by atoms with Crippen LogP contribution in [0, 0.1) is 13.8 Å². The molecule has 0 atom stereocenters. The Morgan fingerprint density at radius 1 is 0.968 bits per heavy atom. The number of nitrogens with zero attached hydrogens (tertiary/aromatic N) is 2. The van der Waals surface area contributed by atoms with E-state index in [2.05, 4.69) is 42.3 Å². The number of hydrogen-bond donors (Lipinski definition) is 1. The molecule has 1 heterocycles. The van der Waals surface area contributed by atoms with Gasteiger partial charge in [-0.1, -0.05) is 12.1 Å². The maximum atomic E-state index is 12.6. The van der Waals surface area contributed by atoms with Crippen LogP contribution < -0.4 is 19.7 Å². The van der Waals surface area contributed by atoms with Gasteiger partial charge in [0.25, 0.3) is 5.91 Å². The van der Waals surface area contributed by atoms with Crippen LogP contribution in [-0.4, -0.2) is 63.7 Å². The van der Waals surface area contributed by atoms with E-state index in [0.717, 1.165) is 13.1 Å². The average molecular weight is 426 g/mol. The van der Waals surface area contributed by atoms with Crippen molar-refractivity contribution >= 4 is 17.5 Å². The van der Waals surface area contributed by atoms with Gasteiger partial charge in [0.1, 0.15) is 11.5 Å². The summed E-state index contributed by atoms with van der Waals surface area (Å²) in [6.45, 7) is 7.55. The van der Waals surface area contributed by atoms with Gasteiger partial charge >= 0.3 is 0 Å². The zero-order valence-electron chi connectivity index (χ0n) is 18.7. The molecule has 0 aliphatic carbocycles. The number of benzene rings is 2. The Morgan fingerprint density at radius 2 is 1.61 bits per heavy atom. The van der Waals surface area contributed by atoms with Crippen molar-refractivity contribution in [3.05, 3.63) is 53.1 Å². The molecule has 2 amide bonds. The van der Waals surface area contributed by atoms with Gasteiger partial charge in [-0.2, -0.15) is 0 Å². The second-order valence-corrected chi connectivity index (χ2v) is 7.69. The van der Waals surface area contributed by atoms with Crippen LogP contribution in [0.4, 0.5) is 5.69 Å². The molecular formula is C24H31N3O4. The normalized spacial score (nSPS) is 13.7. The summed E-state index contributed by atoms with van der Waals surface area (Å²) < 4.78 is 10.4. The quantitative estimate of drug-likeness (QED) is 0.739. The van der Waals surface area contributed by atoms with Crippen molar-refractivity contribution in [1.29, 1.82) is 0 Å². The number of amides is 2. The monoisotopic (exact) mass is 425 g/mol. The molecule has 0 saturated carbocycles. The topological polar surface area (TPSA) is 71.1 Å². The number of methoxy groups -OCH3 is 2. The minimum Gasteiger partial charge on any atom is -0.497 e. The van der Waals surface area contributed by atoms with E-state index in [-0.39, 0.29) is 24.8 Å². The number of aryl methyl sites for hydroxylation is 1. The van der Waals surface area contributed by atoms with Crippen molar-refractivity contribution in [1.82, 2.24) is 10.2 Å². The highest BCUT2D eigenvalue weighted by Gasteiger charge is 2.22. The smallest absolute Gasteiger partial charge is 0.251 e. The lowest BCUT2D eigenvalue weighted by Gasteiger charge is -2.37. The van der Waals surface area contributed by atoms with Crippen molar-refractivity contribution in [2.45, 2.75) is 20.3 Å². The molecule has 31 heavy (non-hydrogen) atoms. The van der Waals surface area contributed by atoms with Crippen LogP contribution in [-0.2, 0) is 4.79 Å². The molecule has 2 aromatic rings. The lowest BCUT2D eigenvalue weighted by atomic mass is 10.1. The van der Waals surface area contributed by atoms with Gasteiger partial charge in [0.15, 0.2) is 0 Å². The third-order valence-corrected chi connectivity index (χ3v) is 5.79. The fraction of sp³-hybridized carbons (Fsp3) is 0.417. The fourth-order valence-corrected chi connectivity index (χ4v) is 3.76. The van der Waals surface area contributed by atoms with Gasteiger partial charge in [-0.3, -0.25) is 9.59 Å². The zero-order valence-corrected chi connectivity index (χ0v) is 18.7. The number of rotatable bonds is 7. The largest absolute Gasteiger partial charge is 0.497 e. The van der Waals surface area contributed by atoms with E-state index >= 15 is 0 Å². The molecule has 0 aromatic heterocycles. The molecule has 0 spiro atoms. The summed E-state index contributed by atoms with van der Waals surface area (Å²) in [4.78, 5) is 29.3. The fourth-order valence-electron chi connectivity index (χ4n) is 3.76. The van der Waals surface area contributed by atoms with Crippen molar-refractivity contribution in [3.8, 4) is 11.5 Å². The summed E-state index contributed by atoms with van der Waals surface area (Å²) in [5.41, 5.74) is 4.25. The maximum absolute atomic E-state index is 12.6. The molecule has 2 aromatic carbocycles. The molecule has 166 valence electrons. The Balaban J connectivity index is 1.48. The third kappa shape index (κ3) is 5.48. The summed E-state index contributed by atoms with van der Waals surface area (Å²) >= 11 is 0. The second kappa shape index (κ2) is 10.2. The Morgan fingerprint density at radius 3 is 2.23 bits per heavy atom. The Hall–Kier alpha value is -3.22. The first kappa shape index (κ1) is 22.5. The van der Waals surface area contributed by atoms with Crippen LogP contribution in [0.2, 0.25) is 0 Å². The van der Waals surface area contributed by atoms with Crippen LogP contribution in [0.3, 0.4) is 0 Å². The molecule has 3 rings (SSSR count). The summed E-state index contributed by atoms with van der Waals surface area (Å²) in [5.74, 6) is 0.887. The van der Waals surface area contributed by atoms with E-state index in [1.54, 1.807) is 18.2 Å². The van der Waals surface area contributed by atoms with Gasteiger partial charge in [-0.25, -0.2) is 0 Å². The Kier molecular flexibility index (Phi) is 7.39. The number of anilines is 1. The van der Waals surface area contributed by atoms with E-state index in [9.17, 15) is 9.59 Å². The minimum atomic E-state index is -0.259. The van der Waals surface area contributed by atoms with E-state index in [0.29, 0.717) is 30.2 Å². The first-order valence-corrected chi connectivity index (χ1v) is 10.5. The Labute approximate surface area is 183 Å². The molecule has 7 heteroatoms. The number of hydrogen-bond acceptors (Lipinski definition) is 5. The standard InChI is InChI=1S/C24H31N3O4/c1-17-6-5-7-22(18(17)2)26-10-12-27(13-11-26)23(28)8-9-25-24(29)19-14-20(30-3)16-21(15-19)31-4/h5-7,14-16H,8-13H2,1-4H3,(H,25,29). The van der Waals surface area contributed by atoms with E-state index < -0.39 is 0 Å². The highest BCUT2D eigenvalue weighted by molar-refractivity contribution is 5.95. The molecule has 0 unspecified atom stereocenters. The highest BCUT2D eigenvalue weighted by atomic mass is 16.5. The third-order valence-electron chi connectivity index (χ3n) is 5.79. The first-order valence-electron chi connectivity index (χ1n) is 10.5. The summed E-state index contributed by atoms with van der Waals surface area (Å²) in [6.07, 6.45) is 0.274. The summed E-state index contributed by atoms with van der Waals surface area (Å²) in [7, 11) is 3.07. The number of carbonyl (C=O) groups excluding carboxylic acids is 2. The zero-order chi connectivity index (χ0) is 22.4. The number of ether oxygens (including phenoxy) is 2. The van der Waals surface area contributed by atoms with Crippen LogP contribution in [0.25, 0.3) is 0 Å². The van der Waals surface area contributed by atoms with Gasteiger partial charge in [0.05, 0.1) is 14.2 Å². The lowest BCUT2D eigenvalue weighted by Crippen LogP contribution is -2.49. The second-order valence-electron chi connectivity index (χ2n) is 7.69. The van der Waals surface area contributed by atoms with Crippen molar-refractivity contribution < 1.29 is 19.1 Å². The predicted molar refractivity (Wildman–Crippen MR) is 121 cm³/mol. The van der Waals surface area contributed by atoms with Crippen molar-refractivity contribution in [2.75, 3.05) is 51.8 Å². The van der Waals surface area contributed by atoms with Crippen LogP contribution >= 0.6 is 0 Å². The minimum absolute atomic E-state index is 0.0594. The molecule has 1 aliphatic heterocycles. The summed E-state index contributed by atoms with van der Waals surface area (Å²) in [6, 6.07) is 11.3. The lowest BCUT2D eigenvalue weighted by molar-refractivity contribution is -0.131. The SMILES string of the molecule is COc1cc(OC)cc(C(=O)NCCC(=O)N2CCN(c3cccc(C)c3C)CC2)c1. The first-order chi connectivity index (χ1) is 14.9. The number of carbonyl (C=O) groups is 2. The van der Waals surface area contributed by atoms with Gasteiger partial charge in [-0.05, 0) is 43.2 Å². The predicted octanol–water partition coefficient (Wildman–Crippen LogP) is 2.79. The molecule has 1 saturated heterocycles. The molecule has 7 nitrogen and oxygen atoms in total.